The summed E-state index contributed by atoms with van der Waals surface area (Å²) in [6, 6.07) is 9.74. The van der Waals surface area contributed by atoms with Gasteiger partial charge in [-0.05, 0) is 30.7 Å². The third-order valence-electron chi connectivity index (χ3n) is 3.14. The van der Waals surface area contributed by atoms with E-state index in [0.29, 0.717) is 18.2 Å². The monoisotopic (exact) mass is 268 g/mol. The van der Waals surface area contributed by atoms with Crippen molar-refractivity contribution in [3.05, 3.63) is 54.2 Å². The van der Waals surface area contributed by atoms with Crippen molar-refractivity contribution in [1.29, 1.82) is 0 Å². The number of fused-ring (bicyclic) bond motifs is 1. The average molecular weight is 268 g/mol. The van der Waals surface area contributed by atoms with Crippen molar-refractivity contribution in [1.82, 2.24) is 15.3 Å². The quantitative estimate of drug-likeness (QED) is 0.693. The molecule has 0 atom stereocenters. The van der Waals surface area contributed by atoms with Crippen molar-refractivity contribution in [2.75, 3.05) is 12.3 Å². The highest BCUT2D eigenvalue weighted by atomic mass is 16.3. The highest BCUT2D eigenvalue weighted by molar-refractivity contribution is 5.80. The Kier molecular flexibility index (Phi) is 3.60. The minimum absolute atomic E-state index is 0.498. The first kappa shape index (κ1) is 12.6. The van der Waals surface area contributed by atoms with Gasteiger partial charge in [0.25, 0.3) is 0 Å². The SMILES string of the molecule is Nc1ccnc(CNCCc2coc3ccccc23)n1. The maximum Gasteiger partial charge on any atom is 0.144 e. The Morgan fingerprint density at radius 2 is 2.10 bits per heavy atom. The highest BCUT2D eigenvalue weighted by Crippen LogP contribution is 2.20. The number of rotatable bonds is 5. The first-order valence-electron chi connectivity index (χ1n) is 6.56. The molecule has 0 aliphatic heterocycles. The number of hydrogen-bond acceptors (Lipinski definition) is 5. The standard InChI is InChI=1S/C15H16N4O/c16-14-6-8-18-15(19-14)9-17-7-5-11-10-20-13-4-2-1-3-12(11)13/h1-4,6,8,10,17H,5,7,9H2,(H2,16,18,19). The summed E-state index contributed by atoms with van der Waals surface area (Å²) in [5, 5.41) is 4.49. The Morgan fingerprint density at radius 1 is 1.20 bits per heavy atom. The summed E-state index contributed by atoms with van der Waals surface area (Å²) in [7, 11) is 0. The maximum atomic E-state index is 5.61. The second-order valence-corrected chi connectivity index (χ2v) is 4.58. The summed E-state index contributed by atoms with van der Waals surface area (Å²) >= 11 is 0. The van der Waals surface area contributed by atoms with Gasteiger partial charge in [0.1, 0.15) is 17.2 Å². The number of anilines is 1. The molecular formula is C15H16N4O. The fourth-order valence-corrected chi connectivity index (χ4v) is 2.15. The van der Waals surface area contributed by atoms with Gasteiger partial charge in [-0.1, -0.05) is 18.2 Å². The van der Waals surface area contributed by atoms with E-state index in [1.54, 1.807) is 12.3 Å². The van der Waals surface area contributed by atoms with Crippen LogP contribution >= 0.6 is 0 Å². The lowest BCUT2D eigenvalue weighted by molar-refractivity contribution is 0.604. The zero-order chi connectivity index (χ0) is 13.8. The summed E-state index contributed by atoms with van der Waals surface area (Å²) in [6.07, 6.45) is 4.39. The van der Waals surface area contributed by atoms with Crippen LogP contribution in [0.5, 0.6) is 0 Å². The van der Waals surface area contributed by atoms with Gasteiger partial charge in [-0.25, -0.2) is 9.97 Å². The van der Waals surface area contributed by atoms with E-state index in [1.807, 2.05) is 24.5 Å². The van der Waals surface area contributed by atoms with Gasteiger partial charge in [0.05, 0.1) is 12.8 Å². The first-order valence-corrected chi connectivity index (χ1v) is 6.56. The van der Waals surface area contributed by atoms with Gasteiger partial charge >= 0.3 is 0 Å². The van der Waals surface area contributed by atoms with Crippen LogP contribution in [-0.4, -0.2) is 16.5 Å². The van der Waals surface area contributed by atoms with E-state index in [2.05, 4.69) is 21.4 Å². The van der Waals surface area contributed by atoms with Gasteiger partial charge in [0.2, 0.25) is 0 Å². The molecule has 2 heterocycles. The number of hydrogen-bond donors (Lipinski definition) is 2. The molecule has 1 aromatic carbocycles. The van der Waals surface area contributed by atoms with Crippen molar-refractivity contribution in [2.24, 2.45) is 0 Å². The van der Waals surface area contributed by atoms with Crippen LogP contribution in [-0.2, 0) is 13.0 Å². The van der Waals surface area contributed by atoms with Gasteiger partial charge in [-0.15, -0.1) is 0 Å². The van der Waals surface area contributed by atoms with Gasteiger partial charge in [0, 0.05) is 11.6 Å². The Hall–Kier alpha value is -2.40. The van der Waals surface area contributed by atoms with Crippen LogP contribution < -0.4 is 11.1 Å². The molecule has 0 unspecified atom stereocenters. The highest BCUT2D eigenvalue weighted by Gasteiger charge is 2.04. The van der Waals surface area contributed by atoms with E-state index in [-0.39, 0.29) is 0 Å². The topological polar surface area (TPSA) is 77.0 Å². The van der Waals surface area contributed by atoms with E-state index in [1.165, 1.54) is 10.9 Å². The molecule has 3 aromatic rings. The van der Waals surface area contributed by atoms with Crippen LogP contribution in [0.4, 0.5) is 5.82 Å². The summed E-state index contributed by atoms with van der Waals surface area (Å²) in [5.41, 5.74) is 7.75. The molecule has 5 heteroatoms. The van der Waals surface area contributed by atoms with E-state index in [9.17, 15) is 0 Å². The first-order chi connectivity index (χ1) is 9.83. The third-order valence-corrected chi connectivity index (χ3v) is 3.14. The lowest BCUT2D eigenvalue weighted by Crippen LogP contribution is -2.18. The minimum Gasteiger partial charge on any atom is -0.464 e. The Labute approximate surface area is 116 Å². The molecule has 0 amide bonds. The van der Waals surface area contributed by atoms with E-state index in [0.717, 1.165) is 18.5 Å². The molecule has 3 N–H and O–H groups in total. The average Bonchev–Trinajstić information content (AvgIpc) is 2.87. The number of furan rings is 1. The predicted octanol–water partition coefficient (Wildman–Crippen LogP) is 2.14. The molecule has 20 heavy (non-hydrogen) atoms. The van der Waals surface area contributed by atoms with Gasteiger partial charge in [0.15, 0.2) is 0 Å². The van der Waals surface area contributed by atoms with Crippen molar-refractivity contribution < 1.29 is 4.42 Å². The molecule has 0 radical (unpaired) electrons. The van der Waals surface area contributed by atoms with Crippen molar-refractivity contribution >= 4 is 16.8 Å². The molecule has 0 fully saturated rings. The summed E-state index contributed by atoms with van der Waals surface area (Å²) in [6.45, 7) is 1.45. The van der Waals surface area contributed by atoms with Crippen molar-refractivity contribution in [3.8, 4) is 0 Å². The summed E-state index contributed by atoms with van der Waals surface area (Å²) < 4.78 is 5.51. The zero-order valence-electron chi connectivity index (χ0n) is 11.0. The second-order valence-electron chi connectivity index (χ2n) is 4.58. The molecule has 0 saturated carbocycles. The van der Waals surface area contributed by atoms with Crippen molar-refractivity contribution in [2.45, 2.75) is 13.0 Å². The molecule has 0 aliphatic carbocycles. The number of benzene rings is 1. The molecule has 0 bridgehead atoms. The fourth-order valence-electron chi connectivity index (χ4n) is 2.15. The summed E-state index contributed by atoms with van der Waals surface area (Å²) in [4.78, 5) is 8.30. The molecule has 2 aromatic heterocycles. The fraction of sp³-hybridized carbons (Fsp3) is 0.200. The number of nitrogen functional groups attached to an aromatic ring is 1. The normalized spacial score (nSPS) is 11.0. The van der Waals surface area contributed by atoms with E-state index < -0.39 is 0 Å². The van der Waals surface area contributed by atoms with Crippen LogP contribution in [0.25, 0.3) is 11.0 Å². The number of para-hydroxylation sites is 1. The van der Waals surface area contributed by atoms with Gasteiger partial charge in [-0.3, -0.25) is 0 Å². The number of aromatic nitrogens is 2. The molecule has 5 nitrogen and oxygen atoms in total. The van der Waals surface area contributed by atoms with E-state index >= 15 is 0 Å². The number of nitrogens with zero attached hydrogens (tertiary/aromatic N) is 2. The molecule has 3 rings (SSSR count). The predicted molar refractivity (Wildman–Crippen MR) is 78.1 cm³/mol. The lowest BCUT2D eigenvalue weighted by atomic mass is 10.1. The Bertz CT molecular complexity index is 708. The van der Waals surface area contributed by atoms with E-state index in [4.69, 9.17) is 10.2 Å². The second kappa shape index (κ2) is 5.71. The van der Waals surface area contributed by atoms with Gasteiger partial charge < -0.3 is 15.5 Å². The number of nitrogens with two attached hydrogens (primary N) is 1. The lowest BCUT2D eigenvalue weighted by Gasteiger charge is -2.03. The third kappa shape index (κ3) is 2.78. The van der Waals surface area contributed by atoms with Gasteiger partial charge in [-0.2, -0.15) is 0 Å². The number of nitrogens with one attached hydrogen (secondary N) is 1. The van der Waals surface area contributed by atoms with Crippen LogP contribution in [0, 0.1) is 0 Å². The minimum atomic E-state index is 0.498. The van der Waals surface area contributed by atoms with Crippen LogP contribution in [0.15, 0.2) is 47.2 Å². The maximum absolute atomic E-state index is 5.61. The van der Waals surface area contributed by atoms with Crippen LogP contribution in [0.3, 0.4) is 0 Å². The van der Waals surface area contributed by atoms with Crippen molar-refractivity contribution in [3.63, 3.8) is 0 Å². The molecular weight excluding hydrogens is 252 g/mol. The zero-order valence-corrected chi connectivity index (χ0v) is 11.0. The Balaban J connectivity index is 1.55. The summed E-state index contributed by atoms with van der Waals surface area (Å²) in [5.74, 6) is 1.21. The smallest absolute Gasteiger partial charge is 0.144 e. The van der Waals surface area contributed by atoms with Crippen LogP contribution in [0.2, 0.25) is 0 Å². The largest absolute Gasteiger partial charge is 0.464 e. The molecule has 102 valence electrons. The molecule has 0 aliphatic rings. The molecule has 0 spiro atoms. The van der Waals surface area contributed by atoms with Crippen LogP contribution in [0.1, 0.15) is 11.4 Å². The molecule has 0 saturated heterocycles. The Morgan fingerprint density at radius 3 is 3.00 bits per heavy atom.